The summed E-state index contributed by atoms with van der Waals surface area (Å²) in [6, 6.07) is 16.7. The van der Waals surface area contributed by atoms with Gasteiger partial charge in [0.2, 0.25) is 23.6 Å². The van der Waals surface area contributed by atoms with Crippen LogP contribution in [0.25, 0.3) is 22.1 Å². The van der Waals surface area contributed by atoms with Crippen LogP contribution in [0.2, 0.25) is 0 Å². The molecule has 4 heterocycles. The number of H-pyrrole nitrogens is 2. The number of nitrogens with two attached hydrogens (primary N) is 1. The van der Waals surface area contributed by atoms with E-state index < -0.39 is 35.7 Å². The Morgan fingerprint density at radius 3 is 1.71 bits per heavy atom. The predicted octanol–water partition coefficient (Wildman–Crippen LogP) is 6.47. The van der Waals surface area contributed by atoms with E-state index in [1.165, 1.54) is 61.2 Å². The van der Waals surface area contributed by atoms with Crippen molar-refractivity contribution in [3.8, 4) is 23.3 Å². The summed E-state index contributed by atoms with van der Waals surface area (Å²) in [6.07, 6.45) is 5.52. The second kappa shape index (κ2) is 14.2. The molecule has 0 saturated carbocycles. The third kappa shape index (κ3) is 7.89. The molecule has 246 valence electrons. The van der Waals surface area contributed by atoms with Crippen LogP contribution in [0.1, 0.15) is 6.42 Å². The number of nitrogens with zero attached hydrogens (tertiary/aromatic N) is 4. The van der Waals surface area contributed by atoms with Crippen molar-refractivity contribution >= 4 is 50.9 Å². The number of carbonyl (C=O) groups excluding carboxylic acids is 2. The van der Waals surface area contributed by atoms with Crippen molar-refractivity contribution < 1.29 is 32.2 Å². The monoisotopic (exact) mass is 667 g/mol. The lowest BCUT2D eigenvalue weighted by Crippen LogP contribution is -2.21. The van der Waals surface area contributed by atoms with Gasteiger partial charge in [-0.2, -0.15) is 0 Å². The number of hydrogen-bond donors (Lipinski definition) is 5. The first-order valence-electron chi connectivity index (χ1n) is 14.3. The smallest absolute Gasteiger partial charge is 0.233 e. The molecule has 0 aliphatic carbocycles. The first-order valence-corrected chi connectivity index (χ1v) is 14.3. The molecule has 3 aromatic carbocycles. The molecule has 13 nitrogen and oxygen atoms in total. The van der Waals surface area contributed by atoms with Crippen molar-refractivity contribution in [1.82, 2.24) is 29.9 Å². The highest BCUT2D eigenvalue weighted by molar-refractivity contribution is 6.08. The van der Waals surface area contributed by atoms with E-state index >= 15 is 0 Å². The standard InChI is InChI=1S/C21H15F2N5O3.C12H9FN4O/c22-12-1-3-13(4-2-12)27-18(29)10-19(30)28-14-5-6-17(16(23)9-14)31-21-15-7-8-24-20(15)25-11-26-21;13-9-5-7(14)1-2-10(9)18-12-8-3-4-15-11(8)16-6-17-12/h1-9,11H,10H2,(H,27,29)(H,28,30)(H,24,25,26);1-6H,14H2,(H,15,16,17). The Hall–Kier alpha value is -6.97. The minimum absolute atomic E-state index is 0.0744. The van der Waals surface area contributed by atoms with Crippen LogP contribution in [0.5, 0.6) is 23.3 Å². The minimum Gasteiger partial charge on any atom is -0.435 e. The maximum absolute atomic E-state index is 14.5. The van der Waals surface area contributed by atoms with E-state index in [1.54, 1.807) is 30.6 Å². The lowest BCUT2D eigenvalue weighted by molar-refractivity contribution is -0.123. The van der Waals surface area contributed by atoms with E-state index in [-0.39, 0.29) is 23.1 Å². The highest BCUT2D eigenvalue weighted by atomic mass is 19.1. The third-order valence-corrected chi connectivity index (χ3v) is 6.67. The third-order valence-electron chi connectivity index (χ3n) is 6.67. The highest BCUT2D eigenvalue weighted by Crippen LogP contribution is 2.30. The molecule has 0 saturated heterocycles. The van der Waals surface area contributed by atoms with Crippen molar-refractivity contribution in [3.05, 3.63) is 115 Å². The fourth-order valence-corrected chi connectivity index (χ4v) is 4.42. The number of hydrogen-bond acceptors (Lipinski definition) is 9. The number of halogens is 3. The van der Waals surface area contributed by atoms with Gasteiger partial charge in [-0.1, -0.05) is 0 Å². The molecule has 2 amide bonds. The molecule has 7 rings (SSSR count). The number of fused-ring (bicyclic) bond motifs is 2. The number of amides is 2. The average Bonchev–Trinajstić information content (AvgIpc) is 3.76. The normalized spacial score (nSPS) is 10.7. The molecule has 7 aromatic rings. The van der Waals surface area contributed by atoms with Crippen molar-refractivity contribution in [1.29, 1.82) is 0 Å². The summed E-state index contributed by atoms with van der Waals surface area (Å²) < 4.78 is 51.9. The number of anilines is 3. The predicted molar refractivity (Wildman–Crippen MR) is 173 cm³/mol. The molecule has 0 fully saturated rings. The SMILES string of the molecule is Nc1ccc(Oc2ncnc3[nH]ccc23)c(F)c1.O=C(CC(=O)Nc1ccc(Oc2ncnc3[nH]ccc23)c(F)c1)Nc1ccc(F)cc1. The number of ether oxygens (including phenoxy) is 2. The van der Waals surface area contributed by atoms with Crippen molar-refractivity contribution in [2.75, 3.05) is 16.4 Å². The Bertz CT molecular complexity index is 2280. The minimum atomic E-state index is -0.726. The van der Waals surface area contributed by atoms with Gasteiger partial charge in [0.05, 0.1) is 10.8 Å². The van der Waals surface area contributed by atoms with Gasteiger partial charge in [-0.25, -0.2) is 33.1 Å². The lowest BCUT2D eigenvalue weighted by atomic mass is 10.2. The van der Waals surface area contributed by atoms with Crippen molar-refractivity contribution in [2.45, 2.75) is 6.42 Å². The molecule has 0 spiro atoms. The Morgan fingerprint density at radius 2 is 1.16 bits per heavy atom. The van der Waals surface area contributed by atoms with Gasteiger partial charge in [-0.15, -0.1) is 0 Å². The Labute approximate surface area is 274 Å². The van der Waals surface area contributed by atoms with Gasteiger partial charge in [0.25, 0.3) is 0 Å². The zero-order valence-electron chi connectivity index (χ0n) is 25.1. The number of rotatable bonds is 8. The second-order valence-corrected chi connectivity index (χ2v) is 10.2. The zero-order valence-corrected chi connectivity index (χ0v) is 25.1. The number of carbonyl (C=O) groups is 2. The van der Waals surface area contributed by atoms with Crippen LogP contribution in [-0.2, 0) is 9.59 Å². The van der Waals surface area contributed by atoms with E-state index in [1.807, 2.05) is 0 Å². The fraction of sp³-hybridized carbons (Fsp3) is 0.0303. The fourth-order valence-electron chi connectivity index (χ4n) is 4.42. The molecule has 0 unspecified atom stereocenters. The largest absolute Gasteiger partial charge is 0.435 e. The molecule has 16 heteroatoms. The van der Waals surface area contributed by atoms with Crippen LogP contribution in [-0.4, -0.2) is 41.7 Å². The quantitative estimate of drug-likeness (QED) is 0.0895. The van der Waals surface area contributed by atoms with E-state index in [4.69, 9.17) is 15.2 Å². The molecule has 4 aromatic heterocycles. The van der Waals surface area contributed by atoms with Crippen LogP contribution < -0.4 is 25.8 Å². The van der Waals surface area contributed by atoms with Gasteiger partial charge >= 0.3 is 0 Å². The van der Waals surface area contributed by atoms with E-state index in [0.717, 1.165) is 6.07 Å². The van der Waals surface area contributed by atoms with Crippen LogP contribution in [0, 0.1) is 17.5 Å². The summed E-state index contributed by atoms with van der Waals surface area (Å²) in [6.45, 7) is 0. The van der Waals surface area contributed by atoms with Gasteiger partial charge in [-0.3, -0.25) is 9.59 Å². The summed E-state index contributed by atoms with van der Waals surface area (Å²) in [4.78, 5) is 45.9. The molecule has 0 aliphatic heterocycles. The number of aromatic nitrogens is 6. The summed E-state index contributed by atoms with van der Waals surface area (Å²) in [7, 11) is 0. The first-order chi connectivity index (χ1) is 23.7. The molecule has 49 heavy (non-hydrogen) atoms. The average molecular weight is 668 g/mol. The second-order valence-electron chi connectivity index (χ2n) is 10.2. The summed E-state index contributed by atoms with van der Waals surface area (Å²) in [5, 5.41) is 6.19. The first kappa shape index (κ1) is 32.0. The summed E-state index contributed by atoms with van der Waals surface area (Å²) >= 11 is 0. The van der Waals surface area contributed by atoms with Crippen LogP contribution in [0.3, 0.4) is 0 Å². The van der Waals surface area contributed by atoms with Crippen LogP contribution in [0.4, 0.5) is 30.2 Å². The summed E-state index contributed by atoms with van der Waals surface area (Å²) in [5.41, 5.74) is 7.50. The van der Waals surface area contributed by atoms with Gasteiger partial charge in [-0.05, 0) is 60.7 Å². The molecular weight excluding hydrogens is 643 g/mol. The number of benzene rings is 3. The van der Waals surface area contributed by atoms with Crippen molar-refractivity contribution in [2.24, 2.45) is 0 Å². The molecule has 0 atom stereocenters. The number of nitrogens with one attached hydrogen (secondary N) is 4. The van der Waals surface area contributed by atoms with E-state index in [2.05, 4.69) is 40.5 Å². The molecule has 0 bridgehead atoms. The van der Waals surface area contributed by atoms with E-state index in [0.29, 0.717) is 39.3 Å². The Morgan fingerprint density at radius 1 is 0.653 bits per heavy atom. The molecule has 0 radical (unpaired) electrons. The zero-order chi connectivity index (χ0) is 34.3. The van der Waals surface area contributed by atoms with Gasteiger partial charge in [0.15, 0.2) is 23.1 Å². The van der Waals surface area contributed by atoms with Gasteiger partial charge in [0.1, 0.15) is 36.2 Å². The molecule has 0 aliphatic rings. The topological polar surface area (TPSA) is 186 Å². The van der Waals surface area contributed by atoms with Crippen LogP contribution in [0.15, 0.2) is 97.8 Å². The highest BCUT2D eigenvalue weighted by Gasteiger charge is 2.14. The van der Waals surface area contributed by atoms with Crippen LogP contribution >= 0.6 is 0 Å². The summed E-state index contributed by atoms with van der Waals surface area (Å²) in [5.74, 6) is -2.47. The molecular formula is C33H24F3N9O4. The van der Waals surface area contributed by atoms with Gasteiger partial charge in [0, 0.05) is 41.6 Å². The number of nitrogen functional groups attached to an aromatic ring is 1. The number of aromatic amines is 2. The lowest BCUT2D eigenvalue weighted by Gasteiger charge is -2.10. The Balaban J connectivity index is 0.000000195. The maximum atomic E-state index is 14.5. The van der Waals surface area contributed by atoms with Crippen molar-refractivity contribution in [3.63, 3.8) is 0 Å². The van der Waals surface area contributed by atoms with E-state index in [9.17, 15) is 22.8 Å². The maximum Gasteiger partial charge on any atom is 0.233 e. The molecule has 6 N–H and O–H groups in total. The Kier molecular flexibility index (Phi) is 9.27. The van der Waals surface area contributed by atoms with Gasteiger partial charge < -0.3 is 35.8 Å².